The summed E-state index contributed by atoms with van der Waals surface area (Å²) in [4.78, 5) is 23.5. The maximum Gasteiger partial charge on any atom is 0.332 e. The molecular formula is C26H46O5. The van der Waals surface area contributed by atoms with E-state index in [2.05, 4.69) is 13.8 Å². The lowest BCUT2D eigenvalue weighted by Gasteiger charge is -2.46. The molecule has 5 nitrogen and oxygen atoms in total. The quantitative estimate of drug-likeness (QED) is 0.408. The summed E-state index contributed by atoms with van der Waals surface area (Å²) in [6.07, 6.45) is 11.2. The number of esters is 2. The van der Waals surface area contributed by atoms with Crippen molar-refractivity contribution in [1.29, 1.82) is 0 Å². The van der Waals surface area contributed by atoms with E-state index in [1.165, 1.54) is 38.5 Å². The third-order valence-corrected chi connectivity index (χ3v) is 7.54. The van der Waals surface area contributed by atoms with E-state index in [1.54, 1.807) is 0 Å². The molecule has 0 unspecified atom stereocenters. The average molecular weight is 439 g/mol. The molecule has 0 amide bonds. The molecule has 0 N–H and O–H groups in total. The van der Waals surface area contributed by atoms with Gasteiger partial charge in [0.2, 0.25) is 0 Å². The van der Waals surface area contributed by atoms with Crippen molar-refractivity contribution >= 4 is 11.9 Å². The van der Waals surface area contributed by atoms with Crippen LogP contribution in [-0.4, -0.2) is 36.9 Å². The molecule has 0 spiro atoms. The molecule has 0 aromatic heterocycles. The third kappa shape index (κ3) is 8.75. The lowest BCUT2D eigenvalue weighted by Crippen LogP contribution is -2.38. The molecule has 180 valence electrons. The van der Waals surface area contributed by atoms with Crippen LogP contribution in [0.4, 0.5) is 0 Å². The van der Waals surface area contributed by atoms with Crippen LogP contribution < -0.4 is 0 Å². The number of hydrogen-bond acceptors (Lipinski definition) is 5. The summed E-state index contributed by atoms with van der Waals surface area (Å²) in [6.45, 7) is 13.0. The Morgan fingerprint density at radius 1 is 0.806 bits per heavy atom. The minimum absolute atomic E-state index is 0.0457. The molecule has 0 aromatic carbocycles. The minimum atomic E-state index is -0.458. The molecule has 0 atom stereocenters. The maximum atomic E-state index is 11.9. The average Bonchev–Trinajstić information content (AvgIpc) is 2.70. The number of ether oxygens (including phenoxy) is 3. The predicted octanol–water partition coefficient (Wildman–Crippen LogP) is 6.08. The first-order valence-corrected chi connectivity index (χ1v) is 12.5. The van der Waals surface area contributed by atoms with Crippen molar-refractivity contribution in [3.8, 4) is 0 Å². The molecule has 31 heavy (non-hydrogen) atoms. The summed E-state index contributed by atoms with van der Waals surface area (Å²) in [6, 6.07) is 0. The van der Waals surface area contributed by atoms with Crippen molar-refractivity contribution in [3.63, 3.8) is 0 Å². The Morgan fingerprint density at radius 2 is 1.35 bits per heavy atom. The maximum absolute atomic E-state index is 11.9. The summed E-state index contributed by atoms with van der Waals surface area (Å²) < 4.78 is 16.3. The summed E-state index contributed by atoms with van der Waals surface area (Å²) in [5, 5.41) is 0. The van der Waals surface area contributed by atoms with Crippen LogP contribution in [0, 0.1) is 23.2 Å². The van der Waals surface area contributed by atoms with Gasteiger partial charge in [0, 0.05) is 6.42 Å². The van der Waals surface area contributed by atoms with E-state index in [0.29, 0.717) is 24.4 Å². The smallest absolute Gasteiger partial charge is 0.332 e. The van der Waals surface area contributed by atoms with Crippen LogP contribution in [0.25, 0.3) is 0 Å². The van der Waals surface area contributed by atoms with E-state index >= 15 is 0 Å². The SMILES string of the molecule is CCOC(=O)CCC1CCC(C(C)(C)C2CCC(OCC(=O)OC(C)(C)C)CC2)CC1. The molecule has 0 radical (unpaired) electrons. The van der Waals surface area contributed by atoms with Gasteiger partial charge in [-0.15, -0.1) is 0 Å². The van der Waals surface area contributed by atoms with Crippen LogP contribution >= 0.6 is 0 Å². The first kappa shape index (κ1) is 26.2. The zero-order valence-electron chi connectivity index (χ0n) is 20.8. The van der Waals surface area contributed by atoms with Crippen LogP contribution in [0.5, 0.6) is 0 Å². The molecule has 2 fully saturated rings. The monoisotopic (exact) mass is 438 g/mol. The van der Waals surface area contributed by atoms with Crippen LogP contribution in [0.1, 0.15) is 106 Å². The Labute approximate surface area is 190 Å². The van der Waals surface area contributed by atoms with E-state index in [9.17, 15) is 9.59 Å². The van der Waals surface area contributed by atoms with Crippen LogP contribution in [0.15, 0.2) is 0 Å². The molecule has 0 aliphatic heterocycles. The van der Waals surface area contributed by atoms with Crippen molar-refractivity contribution in [2.45, 2.75) is 117 Å². The van der Waals surface area contributed by atoms with Gasteiger partial charge in [0.15, 0.2) is 0 Å². The predicted molar refractivity (Wildman–Crippen MR) is 123 cm³/mol. The van der Waals surface area contributed by atoms with Gasteiger partial charge in [-0.3, -0.25) is 4.79 Å². The van der Waals surface area contributed by atoms with Crippen molar-refractivity contribution < 1.29 is 23.8 Å². The van der Waals surface area contributed by atoms with E-state index < -0.39 is 5.60 Å². The molecule has 2 rings (SSSR count). The Morgan fingerprint density at radius 3 is 1.87 bits per heavy atom. The highest BCUT2D eigenvalue weighted by Crippen LogP contribution is 2.49. The molecule has 0 saturated heterocycles. The summed E-state index contributed by atoms with van der Waals surface area (Å²) in [7, 11) is 0. The van der Waals surface area contributed by atoms with Gasteiger partial charge >= 0.3 is 11.9 Å². The van der Waals surface area contributed by atoms with E-state index in [0.717, 1.165) is 31.1 Å². The fraction of sp³-hybridized carbons (Fsp3) is 0.923. The standard InChI is InChI=1S/C26H46O5/c1-7-29-23(27)17-10-19-8-11-20(12-9-19)26(5,6)21-13-15-22(16-14-21)30-18-24(28)31-25(2,3)4/h19-22H,7-18H2,1-6H3. The Kier molecular flexibility index (Phi) is 9.85. The number of carbonyl (C=O) groups is 2. The van der Waals surface area contributed by atoms with Gasteiger partial charge in [-0.2, -0.15) is 0 Å². The van der Waals surface area contributed by atoms with Gasteiger partial charge in [-0.05, 0) is 95.8 Å². The molecule has 5 heteroatoms. The largest absolute Gasteiger partial charge is 0.466 e. The van der Waals surface area contributed by atoms with Gasteiger partial charge in [0.1, 0.15) is 12.2 Å². The number of hydrogen-bond donors (Lipinski definition) is 0. The molecule has 2 saturated carbocycles. The topological polar surface area (TPSA) is 61.8 Å². The number of rotatable bonds is 9. The minimum Gasteiger partial charge on any atom is -0.466 e. The Hall–Kier alpha value is -1.10. The van der Waals surface area contributed by atoms with Crippen molar-refractivity contribution in [2.24, 2.45) is 23.2 Å². The normalized spacial score (nSPS) is 27.5. The van der Waals surface area contributed by atoms with Crippen LogP contribution in [0.3, 0.4) is 0 Å². The Bertz CT molecular complexity index is 561. The van der Waals surface area contributed by atoms with Crippen molar-refractivity contribution in [3.05, 3.63) is 0 Å². The summed E-state index contributed by atoms with van der Waals surface area (Å²) >= 11 is 0. The lowest BCUT2D eigenvalue weighted by atomic mass is 9.59. The van der Waals surface area contributed by atoms with E-state index in [4.69, 9.17) is 14.2 Å². The van der Waals surface area contributed by atoms with Gasteiger partial charge in [-0.1, -0.05) is 26.7 Å². The Balaban J connectivity index is 1.70. The molecular weight excluding hydrogens is 392 g/mol. The van der Waals surface area contributed by atoms with Gasteiger partial charge in [0.05, 0.1) is 12.7 Å². The zero-order valence-corrected chi connectivity index (χ0v) is 20.8. The molecule has 0 bridgehead atoms. The fourth-order valence-corrected chi connectivity index (χ4v) is 5.61. The van der Waals surface area contributed by atoms with Gasteiger partial charge in [0.25, 0.3) is 0 Å². The van der Waals surface area contributed by atoms with E-state index in [-0.39, 0.29) is 24.6 Å². The lowest BCUT2D eigenvalue weighted by molar-refractivity contribution is -0.163. The number of carbonyl (C=O) groups excluding carboxylic acids is 2. The second kappa shape index (κ2) is 11.7. The highest BCUT2D eigenvalue weighted by atomic mass is 16.6. The van der Waals surface area contributed by atoms with Gasteiger partial charge in [-0.25, -0.2) is 4.79 Å². The fourth-order valence-electron chi connectivity index (χ4n) is 5.61. The highest BCUT2D eigenvalue weighted by molar-refractivity contribution is 5.71. The first-order chi connectivity index (χ1) is 14.5. The van der Waals surface area contributed by atoms with Gasteiger partial charge < -0.3 is 14.2 Å². The van der Waals surface area contributed by atoms with E-state index in [1.807, 2.05) is 27.7 Å². The summed E-state index contributed by atoms with van der Waals surface area (Å²) in [5.41, 5.74) is -0.123. The van der Waals surface area contributed by atoms with Crippen LogP contribution in [-0.2, 0) is 23.8 Å². The molecule has 0 heterocycles. The second-order valence-electron chi connectivity index (χ2n) is 11.3. The third-order valence-electron chi connectivity index (χ3n) is 7.54. The highest BCUT2D eigenvalue weighted by Gasteiger charge is 2.40. The first-order valence-electron chi connectivity index (χ1n) is 12.5. The molecule has 2 aliphatic rings. The zero-order chi connectivity index (χ0) is 23.1. The summed E-state index contributed by atoms with van der Waals surface area (Å²) in [5.74, 6) is 1.84. The van der Waals surface area contributed by atoms with Crippen molar-refractivity contribution in [1.82, 2.24) is 0 Å². The second-order valence-corrected chi connectivity index (χ2v) is 11.3. The molecule has 2 aliphatic carbocycles. The van der Waals surface area contributed by atoms with Crippen molar-refractivity contribution in [2.75, 3.05) is 13.2 Å². The van der Waals surface area contributed by atoms with Crippen LogP contribution in [0.2, 0.25) is 0 Å². The molecule has 0 aromatic rings.